The highest BCUT2D eigenvalue weighted by Gasteiger charge is 2.28. The summed E-state index contributed by atoms with van der Waals surface area (Å²) in [5.74, 6) is -0.844. The summed E-state index contributed by atoms with van der Waals surface area (Å²) in [7, 11) is 1.79. The fourth-order valence-electron chi connectivity index (χ4n) is 2.33. The molecular formula is C16H24N2O3. The number of hydrogen-bond acceptors (Lipinski definition) is 3. The molecule has 0 heterocycles. The van der Waals surface area contributed by atoms with Crippen molar-refractivity contribution in [2.75, 3.05) is 26.7 Å². The largest absolute Gasteiger partial charge is 0.481 e. The lowest BCUT2D eigenvalue weighted by Gasteiger charge is -2.31. The van der Waals surface area contributed by atoms with Crippen molar-refractivity contribution < 1.29 is 14.7 Å². The van der Waals surface area contributed by atoms with Crippen LogP contribution < -0.4 is 0 Å². The Morgan fingerprint density at radius 3 is 2.19 bits per heavy atom. The summed E-state index contributed by atoms with van der Waals surface area (Å²) in [5, 5.41) is 8.83. The fraction of sp³-hybridized carbons (Fsp3) is 0.500. The van der Waals surface area contributed by atoms with Crippen molar-refractivity contribution in [2.45, 2.75) is 26.3 Å². The van der Waals surface area contributed by atoms with Gasteiger partial charge in [-0.25, -0.2) is 0 Å². The predicted molar refractivity (Wildman–Crippen MR) is 82.0 cm³/mol. The third kappa shape index (κ3) is 4.86. The van der Waals surface area contributed by atoms with E-state index in [9.17, 15) is 9.59 Å². The molecule has 5 nitrogen and oxygen atoms in total. The van der Waals surface area contributed by atoms with E-state index < -0.39 is 12.0 Å². The average molecular weight is 292 g/mol. The number of amides is 1. The van der Waals surface area contributed by atoms with Gasteiger partial charge in [-0.05, 0) is 26.5 Å². The number of carbonyl (C=O) groups is 2. The molecular weight excluding hydrogens is 268 g/mol. The number of carboxylic acids is 1. The topological polar surface area (TPSA) is 60.9 Å². The maximum Gasteiger partial charge on any atom is 0.304 e. The number of aliphatic carboxylic acids is 1. The Labute approximate surface area is 126 Å². The Kier molecular flexibility index (Phi) is 6.88. The van der Waals surface area contributed by atoms with Crippen LogP contribution in [0.3, 0.4) is 0 Å². The standard InChI is InChI=1S/C16H24N2O3/c1-4-18(5-2)16(21)15(13-9-7-6-8-10-13)17(3)12-11-14(19)20/h6-10,15H,4-5,11-12H2,1-3H3,(H,19,20). The Morgan fingerprint density at radius 2 is 1.71 bits per heavy atom. The summed E-state index contributed by atoms with van der Waals surface area (Å²) in [6.07, 6.45) is 0.0192. The number of carbonyl (C=O) groups excluding carboxylic acids is 1. The highest BCUT2D eigenvalue weighted by molar-refractivity contribution is 5.83. The Balaban J connectivity index is 3.00. The number of likely N-dealkylation sites (N-methyl/N-ethyl adjacent to an activating group) is 2. The predicted octanol–water partition coefficient (Wildman–Crippen LogP) is 2.00. The maximum atomic E-state index is 12.7. The minimum atomic E-state index is -0.857. The van der Waals surface area contributed by atoms with Crippen LogP contribution in [-0.2, 0) is 9.59 Å². The molecule has 0 spiro atoms. The second kappa shape index (κ2) is 8.42. The van der Waals surface area contributed by atoms with E-state index >= 15 is 0 Å². The van der Waals surface area contributed by atoms with E-state index in [0.717, 1.165) is 5.56 Å². The van der Waals surface area contributed by atoms with E-state index in [0.29, 0.717) is 19.6 Å². The van der Waals surface area contributed by atoms with Crippen molar-refractivity contribution in [3.8, 4) is 0 Å². The van der Waals surface area contributed by atoms with Crippen LogP contribution in [-0.4, -0.2) is 53.5 Å². The normalized spacial score (nSPS) is 12.2. The van der Waals surface area contributed by atoms with Crippen molar-refractivity contribution in [2.24, 2.45) is 0 Å². The SMILES string of the molecule is CCN(CC)C(=O)C(c1ccccc1)N(C)CCC(=O)O. The molecule has 0 fully saturated rings. The minimum Gasteiger partial charge on any atom is -0.481 e. The molecule has 0 saturated heterocycles. The first-order chi connectivity index (χ1) is 10.0. The summed E-state index contributed by atoms with van der Waals surface area (Å²) in [6.45, 7) is 5.51. The molecule has 0 bridgehead atoms. The molecule has 1 N–H and O–H groups in total. The highest BCUT2D eigenvalue weighted by Crippen LogP contribution is 2.22. The lowest BCUT2D eigenvalue weighted by molar-refractivity contribution is -0.140. The Bertz CT molecular complexity index is 458. The van der Waals surface area contributed by atoms with Crippen molar-refractivity contribution >= 4 is 11.9 Å². The molecule has 1 rings (SSSR count). The van der Waals surface area contributed by atoms with Crippen LogP contribution >= 0.6 is 0 Å². The zero-order chi connectivity index (χ0) is 15.8. The summed E-state index contributed by atoms with van der Waals surface area (Å²) in [6, 6.07) is 9.06. The monoisotopic (exact) mass is 292 g/mol. The molecule has 1 aromatic carbocycles. The molecule has 1 atom stereocenters. The van der Waals surface area contributed by atoms with Gasteiger partial charge in [0.2, 0.25) is 5.91 Å². The van der Waals surface area contributed by atoms with E-state index in [1.54, 1.807) is 11.9 Å². The summed E-state index contributed by atoms with van der Waals surface area (Å²) in [5.41, 5.74) is 0.891. The van der Waals surface area contributed by atoms with Gasteiger partial charge in [-0.1, -0.05) is 30.3 Å². The fourth-order valence-corrected chi connectivity index (χ4v) is 2.33. The van der Waals surface area contributed by atoms with Crippen LogP contribution in [0.15, 0.2) is 30.3 Å². The third-order valence-corrected chi connectivity index (χ3v) is 3.54. The highest BCUT2D eigenvalue weighted by atomic mass is 16.4. The van der Waals surface area contributed by atoms with Gasteiger partial charge in [0.15, 0.2) is 0 Å². The summed E-state index contributed by atoms with van der Waals surface area (Å²) < 4.78 is 0. The first-order valence-corrected chi connectivity index (χ1v) is 7.27. The number of hydrogen-bond donors (Lipinski definition) is 1. The maximum absolute atomic E-state index is 12.7. The van der Waals surface area contributed by atoms with Gasteiger partial charge in [0.05, 0.1) is 6.42 Å². The second-order valence-corrected chi connectivity index (χ2v) is 4.95. The van der Waals surface area contributed by atoms with Crippen molar-refractivity contribution in [1.82, 2.24) is 9.80 Å². The van der Waals surface area contributed by atoms with E-state index in [1.165, 1.54) is 0 Å². The third-order valence-electron chi connectivity index (χ3n) is 3.54. The molecule has 0 aliphatic rings. The zero-order valence-electron chi connectivity index (χ0n) is 13.0. The van der Waals surface area contributed by atoms with Crippen LogP contribution in [0, 0.1) is 0 Å². The molecule has 1 unspecified atom stereocenters. The van der Waals surface area contributed by atoms with Gasteiger partial charge in [0, 0.05) is 19.6 Å². The molecule has 0 aliphatic carbocycles. The van der Waals surface area contributed by atoms with Crippen molar-refractivity contribution in [3.63, 3.8) is 0 Å². The smallest absolute Gasteiger partial charge is 0.304 e. The van der Waals surface area contributed by atoms with Gasteiger partial charge >= 0.3 is 5.97 Å². The van der Waals surface area contributed by atoms with Crippen LogP contribution in [0.1, 0.15) is 31.9 Å². The molecule has 0 saturated carbocycles. The van der Waals surface area contributed by atoms with E-state index in [1.807, 2.05) is 49.1 Å². The van der Waals surface area contributed by atoms with Gasteiger partial charge in [0.1, 0.15) is 6.04 Å². The first kappa shape index (κ1) is 17.2. The molecule has 1 amide bonds. The molecule has 0 aliphatic heterocycles. The molecule has 116 valence electrons. The van der Waals surface area contributed by atoms with Gasteiger partial charge in [-0.15, -0.1) is 0 Å². The van der Waals surface area contributed by atoms with Crippen LogP contribution in [0.2, 0.25) is 0 Å². The first-order valence-electron chi connectivity index (χ1n) is 7.27. The van der Waals surface area contributed by atoms with Crippen molar-refractivity contribution in [1.29, 1.82) is 0 Å². The minimum absolute atomic E-state index is 0.0130. The van der Waals surface area contributed by atoms with Gasteiger partial charge in [-0.3, -0.25) is 14.5 Å². The molecule has 0 aromatic heterocycles. The van der Waals surface area contributed by atoms with E-state index in [4.69, 9.17) is 5.11 Å². The molecule has 0 radical (unpaired) electrons. The zero-order valence-corrected chi connectivity index (χ0v) is 13.0. The molecule has 21 heavy (non-hydrogen) atoms. The average Bonchev–Trinajstić information content (AvgIpc) is 2.48. The lowest BCUT2D eigenvalue weighted by atomic mass is 10.0. The van der Waals surface area contributed by atoms with Crippen LogP contribution in [0.4, 0.5) is 0 Å². The second-order valence-electron chi connectivity index (χ2n) is 4.95. The van der Waals surface area contributed by atoms with Crippen molar-refractivity contribution in [3.05, 3.63) is 35.9 Å². The summed E-state index contributed by atoms with van der Waals surface area (Å²) in [4.78, 5) is 27.1. The molecule has 1 aromatic rings. The van der Waals surface area contributed by atoms with Crippen LogP contribution in [0.5, 0.6) is 0 Å². The lowest BCUT2D eigenvalue weighted by Crippen LogP contribution is -2.42. The number of rotatable bonds is 8. The summed E-state index contributed by atoms with van der Waals surface area (Å²) >= 11 is 0. The molecule has 5 heteroatoms. The Morgan fingerprint density at radius 1 is 1.14 bits per heavy atom. The van der Waals surface area contributed by atoms with Crippen LogP contribution in [0.25, 0.3) is 0 Å². The van der Waals surface area contributed by atoms with Gasteiger partial charge in [-0.2, -0.15) is 0 Å². The van der Waals surface area contributed by atoms with Gasteiger partial charge in [0.25, 0.3) is 0 Å². The number of nitrogens with zero attached hydrogens (tertiary/aromatic N) is 2. The van der Waals surface area contributed by atoms with E-state index in [2.05, 4.69) is 0 Å². The van der Waals surface area contributed by atoms with E-state index in [-0.39, 0.29) is 12.3 Å². The quantitative estimate of drug-likeness (QED) is 0.796. The van der Waals surface area contributed by atoms with Gasteiger partial charge < -0.3 is 10.0 Å². The Hall–Kier alpha value is -1.88. The number of benzene rings is 1. The number of carboxylic acid groups (broad SMARTS) is 1.